The van der Waals surface area contributed by atoms with Gasteiger partial charge in [0.05, 0.1) is 12.6 Å². The van der Waals surface area contributed by atoms with E-state index in [4.69, 9.17) is 4.74 Å². The number of carbonyl (C=O) groups excluding carboxylic acids is 2. The number of nitrogens with zero attached hydrogens (tertiary/aromatic N) is 1. The van der Waals surface area contributed by atoms with Crippen LogP contribution in [0.5, 0.6) is 0 Å². The van der Waals surface area contributed by atoms with Gasteiger partial charge in [-0.25, -0.2) is 4.79 Å². The largest absolute Gasteiger partial charge is 0.443 e. The van der Waals surface area contributed by atoms with Gasteiger partial charge in [-0.1, -0.05) is 84.9 Å². The molecule has 206 valence electrons. The van der Waals surface area contributed by atoms with Crippen molar-refractivity contribution >= 4 is 12.0 Å². The van der Waals surface area contributed by atoms with Gasteiger partial charge in [-0.3, -0.25) is 4.79 Å². The summed E-state index contributed by atoms with van der Waals surface area (Å²) in [5.41, 5.74) is 3.91. The van der Waals surface area contributed by atoms with E-state index in [0.29, 0.717) is 31.5 Å². The third kappa shape index (κ3) is 4.90. The van der Waals surface area contributed by atoms with Gasteiger partial charge in [0.15, 0.2) is 0 Å². The predicted molar refractivity (Wildman–Crippen MR) is 153 cm³/mol. The molecule has 3 aromatic rings. The molecule has 8 rings (SSSR count). The molecule has 0 radical (unpaired) electrons. The van der Waals surface area contributed by atoms with Gasteiger partial charge in [0.1, 0.15) is 5.60 Å². The molecule has 0 saturated heterocycles. The van der Waals surface area contributed by atoms with E-state index < -0.39 is 5.60 Å². The van der Waals surface area contributed by atoms with Crippen molar-refractivity contribution in [2.45, 2.75) is 68.8 Å². The Labute approximate surface area is 236 Å². The van der Waals surface area contributed by atoms with Crippen molar-refractivity contribution in [1.82, 2.24) is 15.5 Å². The molecule has 6 nitrogen and oxygen atoms in total. The van der Waals surface area contributed by atoms with Gasteiger partial charge in [-0.15, -0.1) is 0 Å². The highest BCUT2D eigenvalue weighted by Gasteiger charge is 2.59. The number of carbonyl (C=O) groups is 2. The van der Waals surface area contributed by atoms with Crippen LogP contribution in [0.15, 0.2) is 84.9 Å². The summed E-state index contributed by atoms with van der Waals surface area (Å²) < 4.78 is 6.41. The molecule has 1 aliphatic heterocycles. The minimum Gasteiger partial charge on any atom is -0.443 e. The molecular weight excluding hydrogens is 498 g/mol. The van der Waals surface area contributed by atoms with E-state index in [1.807, 2.05) is 77.7 Å². The lowest BCUT2D eigenvalue weighted by molar-refractivity contribution is -0.148. The maximum atomic E-state index is 13.5. The Morgan fingerprint density at radius 1 is 0.800 bits per heavy atom. The Morgan fingerprint density at radius 2 is 1.35 bits per heavy atom. The Hall–Kier alpha value is -3.64. The molecule has 3 aromatic carbocycles. The number of nitrogens with one attached hydrogen (secondary N) is 2. The van der Waals surface area contributed by atoms with Crippen LogP contribution in [0.1, 0.15) is 66.8 Å². The fraction of sp³-hybridized carbons (Fsp3) is 0.412. The second kappa shape index (κ2) is 10.1. The Morgan fingerprint density at radius 3 is 1.93 bits per heavy atom. The third-order valence-corrected chi connectivity index (χ3v) is 9.65. The molecule has 2 atom stereocenters. The molecular formula is C34H37N3O3. The summed E-state index contributed by atoms with van der Waals surface area (Å²) in [6.45, 7) is 1.71. The Balaban J connectivity index is 1.04. The van der Waals surface area contributed by atoms with Crippen LogP contribution in [0, 0.1) is 11.8 Å². The fourth-order valence-corrected chi connectivity index (χ4v) is 8.38. The number of alkyl carbamates (subject to hydrolysis) is 1. The van der Waals surface area contributed by atoms with Crippen LogP contribution in [-0.4, -0.2) is 34.6 Å². The van der Waals surface area contributed by atoms with E-state index in [9.17, 15) is 9.59 Å². The Kier molecular flexibility index (Phi) is 6.38. The third-order valence-electron chi connectivity index (χ3n) is 9.65. The molecule has 5 aliphatic rings. The molecule has 0 spiro atoms. The maximum absolute atomic E-state index is 13.5. The average Bonchev–Trinajstić information content (AvgIpc) is 3.39. The molecule has 4 fully saturated rings. The van der Waals surface area contributed by atoms with Gasteiger partial charge in [0.25, 0.3) is 0 Å². The molecule has 6 heteroatoms. The first kappa shape index (κ1) is 25.3. The van der Waals surface area contributed by atoms with E-state index >= 15 is 0 Å². The highest BCUT2D eigenvalue weighted by Crippen LogP contribution is 2.59. The summed E-state index contributed by atoms with van der Waals surface area (Å²) in [4.78, 5) is 28.7. The van der Waals surface area contributed by atoms with Crippen LogP contribution in [0.25, 0.3) is 0 Å². The van der Waals surface area contributed by atoms with Crippen molar-refractivity contribution < 1.29 is 14.3 Å². The van der Waals surface area contributed by atoms with Crippen molar-refractivity contribution in [3.05, 3.63) is 107 Å². The average molecular weight is 536 g/mol. The first-order valence-corrected chi connectivity index (χ1v) is 14.7. The zero-order valence-electron chi connectivity index (χ0n) is 22.9. The lowest BCUT2D eigenvalue weighted by Gasteiger charge is -2.61. The van der Waals surface area contributed by atoms with Crippen LogP contribution < -0.4 is 10.6 Å². The summed E-state index contributed by atoms with van der Waals surface area (Å²) in [5, 5.41) is 6.91. The monoisotopic (exact) mass is 535 g/mol. The number of fused-ring (bicyclic) bond motifs is 1. The van der Waals surface area contributed by atoms with Crippen molar-refractivity contribution in [3.63, 3.8) is 0 Å². The first-order valence-electron chi connectivity index (χ1n) is 14.7. The van der Waals surface area contributed by atoms with Gasteiger partial charge in [-0.05, 0) is 66.2 Å². The van der Waals surface area contributed by atoms with Crippen LogP contribution >= 0.6 is 0 Å². The zero-order valence-corrected chi connectivity index (χ0v) is 22.9. The summed E-state index contributed by atoms with van der Waals surface area (Å²) in [6.07, 6.45) is 5.55. The maximum Gasteiger partial charge on any atom is 0.408 e. The molecule has 2 amide bonds. The number of rotatable bonds is 7. The number of benzene rings is 3. The number of ether oxygens (including phenoxy) is 1. The highest BCUT2D eigenvalue weighted by atomic mass is 16.6. The van der Waals surface area contributed by atoms with Crippen LogP contribution in [-0.2, 0) is 22.6 Å². The van der Waals surface area contributed by atoms with E-state index in [2.05, 4.69) is 22.8 Å². The van der Waals surface area contributed by atoms with E-state index in [0.717, 1.165) is 43.2 Å². The lowest BCUT2D eigenvalue weighted by Crippen LogP contribution is -2.66. The fourth-order valence-electron chi connectivity index (χ4n) is 8.38. The van der Waals surface area contributed by atoms with E-state index in [1.54, 1.807) is 0 Å². The van der Waals surface area contributed by atoms with Crippen LogP contribution in [0.4, 0.5) is 4.79 Å². The first-order chi connectivity index (χ1) is 19.5. The zero-order chi connectivity index (χ0) is 27.2. The summed E-state index contributed by atoms with van der Waals surface area (Å²) in [5.74, 6) is 1.19. The smallest absolute Gasteiger partial charge is 0.408 e. The van der Waals surface area contributed by atoms with Crippen molar-refractivity contribution in [2.24, 2.45) is 11.8 Å². The molecule has 4 saturated carbocycles. The minimum atomic E-state index is -0.480. The quantitative estimate of drug-likeness (QED) is 0.406. The molecule has 4 aliphatic carbocycles. The van der Waals surface area contributed by atoms with Crippen LogP contribution in [0.2, 0.25) is 0 Å². The number of hydrogen-bond acceptors (Lipinski definition) is 4. The van der Waals surface area contributed by atoms with Gasteiger partial charge in [-0.2, -0.15) is 0 Å². The number of amides is 2. The van der Waals surface area contributed by atoms with Crippen LogP contribution in [0.3, 0.4) is 0 Å². The summed E-state index contributed by atoms with van der Waals surface area (Å²) >= 11 is 0. The summed E-state index contributed by atoms with van der Waals surface area (Å²) in [6, 6.07) is 28.1. The van der Waals surface area contributed by atoms with E-state index in [1.165, 1.54) is 17.5 Å². The normalized spacial score (nSPS) is 28.0. The van der Waals surface area contributed by atoms with Crippen molar-refractivity contribution in [1.29, 1.82) is 0 Å². The molecule has 2 unspecified atom stereocenters. The predicted octanol–water partition coefficient (Wildman–Crippen LogP) is 5.73. The summed E-state index contributed by atoms with van der Waals surface area (Å²) in [7, 11) is 0. The molecule has 1 heterocycles. The second-order valence-electron chi connectivity index (χ2n) is 12.6. The number of hydrogen-bond donors (Lipinski definition) is 2. The van der Waals surface area contributed by atoms with E-state index in [-0.39, 0.29) is 23.6 Å². The topological polar surface area (TPSA) is 70.7 Å². The molecule has 2 N–H and O–H groups in total. The molecule has 4 bridgehead atoms. The second-order valence-corrected chi connectivity index (χ2v) is 12.6. The molecule has 0 aromatic heterocycles. The SMILES string of the molecule is O=C(NC(c1ccccc1)c1ccccc1)OC12CC3CC(CC(NCC(=O)N4Cc5ccccc5C4)(C3)C1)C2. The van der Waals surface area contributed by atoms with Gasteiger partial charge in [0, 0.05) is 25.0 Å². The van der Waals surface area contributed by atoms with Crippen molar-refractivity contribution in [2.75, 3.05) is 6.54 Å². The van der Waals surface area contributed by atoms with Gasteiger partial charge in [0.2, 0.25) is 5.91 Å². The Bertz CT molecular complexity index is 1310. The minimum absolute atomic E-state index is 0.147. The standard InChI is InChI=1S/C34H37N3O3/c38-30(37-21-28-13-7-8-14-29(28)22-37)20-35-33-16-24-15-25(17-33)19-34(18-24,23-33)40-32(39)36-31(26-9-3-1-4-10-26)27-11-5-2-6-12-27/h1-14,24-25,31,35H,15-23H2,(H,36,39). The molecule has 40 heavy (non-hydrogen) atoms. The van der Waals surface area contributed by atoms with Gasteiger partial charge < -0.3 is 20.3 Å². The lowest BCUT2D eigenvalue weighted by atomic mass is 9.51. The van der Waals surface area contributed by atoms with Crippen molar-refractivity contribution in [3.8, 4) is 0 Å². The van der Waals surface area contributed by atoms with Gasteiger partial charge >= 0.3 is 6.09 Å². The highest BCUT2D eigenvalue weighted by molar-refractivity contribution is 5.79.